The predicted molar refractivity (Wildman–Crippen MR) is 110 cm³/mol. The van der Waals surface area contributed by atoms with E-state index in [9.17, 15) is 46.5 Å². The summed E-state index contributed by atoms with van der Waals surface area (Å²) in [5.74, 6) is -8.06. The lowest BCUT2D eigenvalue weighted by Gasteiger charge is -2.29. The summed E-state index contributed by atoms with van der Waals surface area (Å²) in [6.45, 7) is -3.57. The van der Waals surface area contributed by atoms with Gasteiger partial charge in [-0.15, -0.1) is 0 Å². The van der Waals surface area contributed by atoms with Gasteiger partial charge in [0.1, 0.15) is 35.3 Å². The number of carbonyl (C=O) groups is 3. The van der Waals surface area contributed by atoms with Crippen molar-refractivity contribution in [3.63, 3.8) is 0 Å². The van der Waals surface area contributed by atoms with Crippen molar-refractivity contribution < 1.29 is 50.7 Å². The van der Waals surface area contributed by atoms with Crippen LogP contribution in [0, 0.1) is 11.6 Å². The normalized spacial score (nSPS) is 23.7. The fourth-order valence-electron chi connectivity index (χ4n) is 3.97. The van der Waals surface area contributed by atoms with Gasteiger partial charge in [0.05, 0.1) is 16.3 Å². The number of anilines is 2. The zero-order chi connectivity index (χ0) is 28.5. The number of likely N-dealkylation sites (N-methyl/N-ethyl adjacent to an activating group) is 1. The Bertz CT molecular complexity index is 1370. The van der Waals surface area contributed by atoms with Crippen LogP contribution >= 0.6 is 11.6 Å². The molecule has 0 spiro atoms. The van der Waals surface area contributed by atoms with Crippen LogP contribution in [0.25, 0.3) is 0 Å². The number of ketones is 1. The topological polar surface area (TPSA) is 111 Å². The van der Waals surface area contributed by atoms with Crippen molar-refractivity contribution in [2.24, 2.45) is 0 Å². The second-order valence-corrected chi connectivity index (χ2v) is 8.16. The summed E-state index contributed by atoms with van der Waals surface area (Å²) in [5.41, 5.74) is -3.61. The van der Waals surface area contributed by atoms with E-state index < -0.39 is 94.0 Å². The number of hydrogen-bond acceptors (Lipinski definition) is 6. The quantitative estimate of drug-likeness (QED) is 0.473. The molecule has 2 aromatic rings. The monoisotopic (exact) mass is 522 g/mol. The molecule has 3 atom stereocenters. The number of pyridine rings is 1. The number of aliphatic hydroxyl groups is 2. The molecule has 0 saturated carbocycles. The van der Waals surface area contributed by atoms with Crippen LogP contribution in [0.1, 0.15) is 32.1 Å². The molecule has 186 valence electrons. The summed E-state index contributed by atoms with van der Waals surface area (Å²) in [7, 11) is 0. The summed E-state index contributed by atoms with van der Waals surface area (Å²) in [5, 5.41) is 19.9. The van der Waals surface area contributed by atoms with Gasteiger partial charge in [0.25, 0.3) is 11.8 Å². The van der Waals surface area contributed by atoms with E-state index in [0.717, 1.165) is 0 Å². The first-order valence-corrected chi connectivity index (χ1v) is 10.1. The van der Waals surface area contributed by atoms with E-state index in [2.05, 4.69) is 4.98 Å². The molecule has 35 heavy (non-hydrogen) atoms. The number of benzene rings is 1. The molecule has 1 aromatic carbocycles. The van der Waals surface area contributed by atoms with Crippen LogP contribution in [0.3, 0.4) is 0 Å². The van der Waals surface area contributed by atoms with Crippen molar-refractivity contribution in [3.8, 4) is 0 Å². The molecule has 1 aromatic heterocycles. The number of amides is 2. The number of rotatable bonds is 3. The van der Waals surface area contributed by atoms with Gasteiger partial charge in [-0.05, 0) is 24.1 Å². The standard InChI is InChI=1S/C21H15ClF5N3O5/c1-29(12-5-9(22)10(23)6-11(12)24)19(34)16-17(32)18(33)20(35)30(16)14-4-8(21(25,26)27)7-2-3-13(31)15(7)28-14/h4-6,16-18,32-33H,2-3H2,1H3/t16-,17-,18-/m0/s1/i1D3. The van der Waals surface area contributed by atoms with E-state index >= 15 is 0 Å². The van der Waals surface area contributed by atoms with E-state index in [1.807, 2.05) is 0 Å². The predicted octanol–water partition coefficient (Wildman–Crippen LogP) is 2.26. The summed E-state index contributed by atoms with van der Waals surface area (Å²) in [6.07, 6.45) is -10.6. The fourth-order valence-corrected chi connectivity index (χ4v) is 4.13. The average Bonchev–Trinajstić information content (AvgIpc) is 3.27. The summed E-state index contributed by atoms with van der Waals surface area (Å²) < 4.78 is 92.7. The maximum absolute atomic E-state index is 14.6. The molecule has 2 aliphatic rings. The molecule has 1 aliphatic carbocycles. The first kappa shape index (κ1) is 21.1. The van der Waals surface area contributed by atoms with E-state index in [1.54, 1.807) is 0 Å². The molecule has 1 aliphatic heterocycles. The fraction of sp³-hybridized carbons (Fsp3) is 0.333. The second-order valence-electron chi connectivity index (χ2n) is 7.76. The number of Topliss-reactive ketones (excluding diaryl/α,β-unsaturated/α-hetero) is 1. The molecule has 1 fully saturated rings. The summed E-state index contributed by atoms with van der Waals surface area (Å²) >= 11 is 5.61. The highest BCUT2D eigenvalue weighted by Gasteiger charge is 2.53. The van der Waals surface area contributed by atoms with E-state index in [4.69, 9.17) is 15.7 Å². The van der Waals surface area contributed by atoms with Crippen molar-refractivity contribution in [2.45, 2.75) is 37.3 Å². The second kappa shape index (κ2) is 8.50. The van der Waals surface area contributed by atoms with Crippen LogP contribution in [0.2, 0.25) is 5.02 Å². The van der Waals surface area contributed by atoms with Crippen LogP contribution < -0.4 is 9.80 Å². The molecular weight excluding hydrogens is 505 g/mol. The zero-order valence-corrected chi connectivity index (χ0v) is 17.9. The summed E-state index contributed by atoms with van der Waals surface area (Å²) in [4.78, 5) is 42.1. The number of carbonyl (C=O) groups excluding carboxylic acids is 3. The van der Waals surface area contributed by atoms with Gasteiger partial charge in [0, 0.05) is 23.6 Å². The van der Waals surface area contributed by atoms with E-state index in [1.165, 1.54) is 0 Å². The highest BCUT2D eigenvalue weighted by molar-refractivity contribution is 6.31. The summed E-state index contributed by atoms with van der Waals surface area (Å²) in [6, 6.07) is -1.54. The van der Waals surface area contributed by atoms with Gasteiger partial charge < -0.3 is 15.1 Å². The lowest BCUT2D eigenvalue weighted by molar-refractivity contribution is -0.138. The van der Waals surface area contributed by atoms with Crippen LogP contribution in [-0.4, -0.2) is 58.0 Å². The number of aliphatic hydroxyl groups excluding tert-OH is 2. The van der Waals surface area contributed by atoms with Gasteiger partial charge in [-0.2, -0.15) is 13.2 Å². The number of halogens is 6. The SMILES string of the molecule is [2H]C([2H])([2H])N(C(=O)[C@@H]1[C@H](O)[C@H](O)C(=O)N1c1cc(C(F)(F)F)c2c(n1)C(=O)CC2)c1cc(Cl)c(F)cc1F. The lowest BCUT2D eigenvalue weighted by atomic mass is 10.1. The number of nitrogens with zero attached hydrogens (tertiary/aromatic N) is 3. The Balaban J connectivity index is 1.90. The lowest BCUT2D eigenvalue weighted by Crippen LogP contribution is -2.50. The minimum atomic E-state index is -5.05. The maximum atomic E-state index is 14.6. The molecule has 0 unspecified atom stereocenters. The van der Waals surface area contributed by atoms with Crippen molar-refractivity contribution in [2.75, 3.05) is 16.8 Å². The highest BCUT2D eigenvalue weighted by Crippen LogP contribution is 2.40. The van der Waals surface area contributed by atoms with Crippen LogP contribution in [-0.2, 0) is 22.2 Å². The Kier molecular flexibility index (Phi) is 5.14. The Morgan fingerprint density at radius 1 is 1.20 bits per heavy atom. The number of aromatic nitrogens is 1. The van der Waals surface area contributed by atoms with E-state index in [0.29, 0.717) is 12.1 Å². The molecule has 14 heteroatoms. The average molecular weight is 523 g/mol. The van der Waals surface area contributed by atoms with Gasteiger partial charge >= 0.3 is 6.18 Å². The molecular formula is C21H15ClF5N3O5. The minimum Gasteiger partial charge on any atom is -0.387 e. The van der Waals surface area contributed by atoms with Crippen molar-refractivity contribution in [1.82, 2.24) is 4.98 Å². The third-order valence-corrected chi connectivity index (χ3v) is 5.94. The van der Waals surface area contributed by atoms with Crippen LogP contribution in [0.15, 0.2) is 18.2 Å². The van der Waals surface area contributed by atoms with Gasteiger partial charge in [-0.3, -0.25) is 19.3 Å². The Morgan fingerprint density at radius 3 is 2.51 bits per heavy atom. The first-order valence-electron chi connectivity index (χ1n) is 11.3. The highest BCUT2D eigenvalue weighted by atomic mass is 35.5. The van der Waals surface area contributed by atoms with E-state index in [-0.39, 0.29) is 28.7 Å². The van der Waals surface area contributed by atoms with Gasteiger partial charge in [-0.1, -0.05) is 11.6 Å². The zero-order valence-electron chi connectivity index (χ0n) is 20.1. The largest absolute Gasteiger partial charge is 0.416 e. The molecule has 0 radical (unpaired) electrons. The van der Waals surface area contributed by atoms with Gasteiger partial charge in [-0.25, -0.2) is 13.8 Å². The third-order valence-electron chi connectivity index (χ3n) is 5.65. The third kappa shape index (κ3) is 4.02. The Labute approximate surface area is 202 Å². The number of fused-ring (bicyclic) bond motifs is 1. The molecule has 2 amide bonds. The maximum Gasteiger partial charge on any atom is 0.416 e. The van der Waals surface area contributed by atoms with Crippen LogP contribution in [0.5, 0.6) is 0 Å². The Hall–Kier alpha value is -3.16. The minimum absolute atomic E-state index is 0.112. The Morgan fingerprint density at radius 2 is 1.89 bits per heavy atom. The smallest absolute Gasteiger partial charge is 0.387 e. The molecule has 2 heterocycles. The van der Waals surface area contributed by atoms with Crippen LogP contribution in [0.4, 0.5) is 33.5 Å². The molecule has 2 N–H and O–H groups in total. The molecule has 4 rings (SSSR count). The molecule has 1 saturated heterocycles. The van der Waals surface area contributed by atoms with Gasteiger partial charge in [0.2, 0.25) is 0 Å². The van der Waals surface area contributed by atoms with Crippen molar-refractivity contribution >= 4 is 40.7 Å². The van der Waals surface area contributed by atoms with Gasteiger partial charge in [0.15, 0.2) is 11.9 Å². The van der Waals surface area contributed by atoms with Crippen molar-refractivity contribution in [1.29, 1.82) is 0 Å². The molecule has 0 bridgehead atoms. The first-order chi connectivity index (χ1) is 17.4. The molecule has 8 nitrogen and oxygen atoms in total. The number of hydrogen-bond donors (Lipinski definition) is 2. The number of alkyl halides is 3. The van der Waals surface area contributed by atoms with Crippen molar-refractivity contribution in [3.05, 3.63) is 51.7 Å².